The van der Waals surface area contributed by atoms with Crippen molar-refractivity contribution in [2.24, 2.45) is 0 Å². The number of hydrogen-bond donors (Lipinski definition) is 2. The van der Waals surface area contributed by atoms with Crippen molar-refractivity contribution in [1.82, 2.24) is 0 Å². The number of hydrogen-bond acceptors (Lipinski definition) is 5. The summed E-state index contributed by atoms with van der Waals surface area (Å²) in [7, 11) is 1.90. The summed E-state index contributed by atoms with van der Waals surface area (Å²) < 4.78 is 16.3. The van der Waals surface area contributed by atoms with E-state index in [-0.39, 0.29) is 25.0 Å². The maximum absolute atomic E-state index is 12.4. The Kier molecular flexibility index (Phi) is 6.38. The van der Waals surface area contributed by atoms with Crippen LogP contribution in [0.4, 0.5) is 5.69 Å². The molecule has 0 radical (unpaired) electrons. The smallest absolute Gasteiger partial charge is 0.279 e. The summed E-state index contributed by atoms with van der Waals surface area (Å²) in [5.41, 5.74) is 0.813. The molecule has 2 N–H and O–H groups in total. The summed E-state index contributed by atoms with van der Waals surface area (Å²) in [4.78, 5) is 25.3. The van der Waals surface area contributed by atoms with Gasteiger partial charge in [-0.15, -0.1) is 0 Å². The molecule has 0 fully saturated rings. The van der Waals surface area contributed by atoms with Gasteiger partial charge in [-0.2, -0.15) is 0 Å². The normalized spacial score (nSPS) is 13.1. The number of ether oxygens (including phenoxy) is 3. The number of amides is 1. The predicted octanol–water partition coefficient (Wildman–Crippen LogP) is 1.80. The number of Topliss-reactive ketones (excluding diaryl/α,β-unsaturated/α-hetero) is 1. The third-order valence-corrected chi connectivity index (χ3v) is 4.49. The van der Waals surface area contributed by atoms with E-state index >= 15 is 0 Å². The molecule has 1 aliphatic rings. The number of likely N-dealkylation sites (N-methyl/N-ethyl adjacent to an activating group) is 1. The van der Waals surface area contributed by atoms with Crippen LogP contribution in [0.15, 0.2) is 36.4 Å². The molecule has 148 valence electrons. The van der Waals surface area contributed by atoms with Crippen molar-refractivity contribution in [3.63, 3.8) is 0 Å². The Hall–Kier alpha value is -2.77. The van der Waals surface area contributed by atoms with Crippen molar-refractivity contribution in [2.45, 2.75) is 6.92 Å². The van der Waals surface area contributed by atoms with Crippen LogP contribution in [-0.4, -0.2) is 45.2 Å². The van der Waals surface area contributed by atoms with E-state index in [9.17, 15) is 9.59 Å². The molecule has 0 spiro atoms. The fraction of sp³-hybridized carbons (Fsp3) is 0.300. The van der Waals surface area contributed by atoms with E-state index in [1.165, 1.54) is 6.92 Å². The Balaban J connectivity index is 1.52. The molecule has 2 aromatic rings. The summed E-state index contributed by atoms with van der Waals surface area (Å²) in [6, 6.07) is 10.3. The Morgan fingerprint density at radius 1 is 1.18 bits per heavy atom. The molecule has 3 rings (SSSR count). The monoisotopic (exact) mass is 405 g/mol. The molecule has 7 nitrogen and oxygen atoms in total. The van der Waals surface area contributed by atoms with Crippen molar-refractivity contribution in [3.8, 4) is 17.2 Å². The lowest BCUT2D eigenvalue weighted by Crippen LogP contribution is -3.10. The number of halogens is 1. The van der Waals surface area contributed by atoms with Crippen molar-refractivity contribution in [2.75, 3.05) is 38.9 Å². The Morgan fingerprint density at radius 2 is 1.86 bits per heavy atom. The Bertz CT molecular complexity index is 870. The number of ketones is 1. The minimum atomic E-state index is -0.203. The van der Waals surface area contributed by atoms with E-state index in [1.807, 2.05) is 7.05 Å². The second kappa shape index (κ2) is 8.95. The largest absolute Gasteiger partial charge is 0.488 e. The van der Waals surface area contributed by atoms with Gasteiger partial charge in [0, 0.05) is 16.7 Å². The van der Waals surface area contributed by atoms with Gasteiger partial charge in [0.15, 0.2) is 23.8 Å². The van der Waals surface area contributed by atoms with Gasteiger partial charge >= 0.3 is 0 Å². The third kappa shape index (κ3) is 5.15. The summed E-state index contributed by atoms with van der Waals surface area (Å²) in [5, 5.41) is 3.45. The predicted molar refractivity (Wildman–Crippen MR) is 105 cm³/mol. The lowest BCUT2D eigenvalue weighted by Gasteiger charge is -2.15. The number of nitrogens with one attached hydrogen (secondary N) is 2. The maximum Gasteiger partial charge on any atom is 0.279 e. The molecule has 0 aromatic heterocycles. The molecule has 8 heteroatoms. The van der Waals surface area contributed by atoms with Crippen molar-refractivity contribution >= 4 is 29.0 Å². The van der Waals surface area contributed by atoms with Gasteiger partial charge in [-0.05, 0) is 37.3 Å². The van der Waals surface area contributed by atoms with Crippen LogP contribution in [-0.2, 0) is 4.79 Å². The van der Waals surface area contributed by atoms with Gasteiger partial charge in [0.2, 0.25) is 6.79 Å². The summed E-state index contributed by atoms with van der Waals surface area (Å²) in [6.07, 6.45) is 0. The van der Waals surface area contributed by atoms with Crippen molar-refractivity contribution in [1.29, 1.82) is 0 Å². The van der Waals surface area contributed by atoms with E-state index < -0.39 is 0 Å². The topological polar surface area (TPSA) is 78.3 Å². The first kappa shape index (κ1) is 20.0. The van der Waals surface area contributed by atoms with Gasteiger partial charge in [0.25, 0.3) is 5.91 Å². The zero-order valence-corrected chi connectivity index (χ0v) is 16.5. The second-order valence-corrected chi connectivity index (χ2v) is 6.98. The fourth-order valence-corrected chi connectivity index (χ4v) is 2.89. The van der Waals surface area contributed by atoms with E-state index in [0.717, 1.165) is 10.6 Å². The van der Waals surface area contributed by atoms with Gasteiger partial charge in [0.1, 0.15) is 18.9 Å². The first-order valence-corrected chi connectivity index (χ1v) is 9.24. The number of carbonyl (C=O) groups is 2. The average molecular weight is 406 g/mol. The number of anilines is 1. The van der Waals surface area contributed by atoms with Crippen LogP contribution in [0.25, 0.3) is 0 Å². The van der Waals surface area contributed by atoms with E-state index in [1.54, 1.807) is 36.4 Å². The van der Waals surface area contributed by atoms with Gasteiger partial charge in [0.05, 0.1) is 12.7 Å². The highest BCUT2D eigenvalue weighted by Gasteiger charge is 2.21. The van der Waals surface area contributed by atoms with Gasteiger partial charge < -0.3 is 24.4 Å². The summed E-state index contributed by atoms with van der Waals surface area (Å²) >= 11 is 5.84. The molecule has 0 aliphatic carbocycles. The minimum absolute atomic E-state index is 0.102. The maximum atomic E-state index is 12.4. The fourth-order valence-electron chi connectivity index (χ4n) is 2.77. The molecule has 1 amide bonds. The minimum Gasteiger partial charge on any atom is -0.488 e. The Morgan fingerprint density at radius 3 is 2.54 bits per heavy atom. The van der Waals surface area contributed by atoms with Crippen LogP contribution in [0.3, 0.4) is 0 Å². The van der Waals surface area contributed by atoms with Crippen LogP contribution in [0.5, 0.6) is 17.2 Å². The first-order valence-electron chi connectivity index (χ1n) is 8.86. The van der Waals surface area contributed by atoms with Gasteiger partial charge in [-0.3, -0.25) is 9.59 Å². The molecule has 28 heavy (non-hydrogen) atoms. The highest BCUT2D eigenvalue weighted by Crippen LogP contribution is 2.37. The van der Waals surface area contributed by atoms with Crippen LogP contribution in [0.2, 0.25) is 5.02 Å². The average Bonchev–Trinajstić information content (AvgIpc) is 3.09. The second-order valence-electron chi connectivity index (χ2n) is 6.54. The van der Waals surface area contributed by atoms with Gasteiger partial charge in [-0.25, -0.2) is 0 Å². The van der Waals surface area contributed by atoms with E-state index in [0.29, 0.717) is 40.9 Å². The zero-order valence-electron chi connectivity index (χ0n) is 15.7. The molecule has 1 aliphatic heterocycles. The SMILES string of the molecule is CC(=O)c1cc2c(cc1NC(=O)C[NH+](C)CCOc1ccc(Cl)cc1)OCO2. The number of rotatable bonds is 8. The number of benzene rings is 2. The lowest BCUT2D eigenvalue weighted by atomic mass is 10.1. The highest BCUT2D eigenvalue weighted by molar-refractivity contribution is 6.30. The van der Waals surface area contributed by atoms with Crippen LogP contribution < -0.4 is 24.4 Å². The third-order valence-electron chi connectivity index (χ3n) is 4.24. The van der Waals surface area contributed by atoms with Crippen LogP contribution in [0, 0.1) is 0 Å². The first-order chi connectivity index (χ1) is 13.4. The number of carbonyl (C=O) groups excluding carboxylic acids is 2. The molecule has 0 saturated heterocycles. The number of quaternary nitrogens is 1. The van der Waals surface area contributed by atoms with Crippen molar-refractivity contribution < 1.29 is 28.7 Å². The Labute approximate surface area is 168 Å². The van der Waals surface area contributed by atoms with E-state index in [2.05, 4.69) is 5.32 Å². The number of fused-ring (bicyclic) bond motifs is 1. The van der Waals surface area contributed by atoms with Gasteiger partial charge in [-0.1, -0.05) is 11.6 Å². The summed E-state index contributed by atoms with van der Waals surface area (Å²) in [5.74, 6) is 1.38. The van der Waals surface area contributed by atoms with E-state index in [4.69, 9.17) is 25.8 Å². The molecule has 1 heterocycles. The molecule has 0 bridgehead atoms. The molecule has 2 aromatic carbocycles. The lowest BCUT2D eigenvalue weighted by molar-refractivity contribution is -0.871. The quantitative estimate of drug-likeness (QED) is 0.655. The molecular formula is C20H22ClN2O5+. The molecule has 1 atom stereocenters. The molecular weight excluding hydrogens is 384 g/mol. The highest BCUT2D eigenvalue weighted by atomic mass is 35.5. The zero-order chi connectivity index (χ0) is 20.1. The van der Waals surface area contributed by atoms with Crippen molar-refractivity contribution in [3.05, 3.63) is 47.0 Å². The molecule has 1 unspecified atom stereocenters. The van der Waals surface area contributed by atoms with Crippen LogP contribution >= 0.6 is 11.6 Å². The van der Waals surface area contributed by atoms with Crippen LogP contribution in [0.1, 0.15) is 17.3 Å². The standard InChI is InChI=1S/C20H21ClN2O5/c1-13(24)16-9-18-19(28-12-27-18)10-17(16)22-20(25)11-23(2)7-8-26-15-5-3-14(21)4-6-15/h3-6,9-10H,7-8,11-12H2,1-2H3,(H,22,25)/p+1. The summed E-state index contributed by atoms with van der Waals surface area (Å²) in [6.45, 7) is 2.87. The molecule has 0 saturated carbocycles.